The van der Waals surface area contributed by atoms with E-state index in [1.165, 1.54) is 12.1 Å². The van der Waals surface area contributed by atoms with Gasteiger partial charge in [-0.1, -0.05) is 6.07 Å². The molecule has 0 atom stereocenters. The number of carbonyl (C=O) groups excluding carboxylic acids is 1. The van der Waals surface area contributed by atoms with Crippen LogP contribution >= 0.6 is 0 Å². The summed E-state index contributed by atoms with van der Waals surface area (Å²) in [6.07, 6.45) is -5.43. The third-order valence-electron chi connectivity index (χ3n) is 1.69. The van der Waals surface area contributed by atoms with Gasteiger partial charge in [-0.2, -0.15) is 13.2 Å². The summed E-state index contributed by atoms with van der Waals surface area (Å²) in [6.45, 7) is 0.0739. The Morgan fingerprint density at radius 2 is 2.18 bits per heavy atom. The Kier molecular flexibility index (Phi) is 4.13. The highest BCUT2D eigenvalue weighted by molar-refractivity contribution is 5.64. The lowest BCUT2D eigenvalue weighted by molar-refractivity contribution is -0.141. The van der Waals surface area contributed by atoms with Crippen LogP contribution in [0.2, 0.25) is 0 Å². The second-order valence-corrected chi connectivity index (χ2v) is 3.00. The number of carbonyl (C=O) groups is 1. The van der Waals surface area contributed by atoms with Crippen molar-refractivity contribution in [1.82, 2.24) is 4.98 Å². The van der Waals surface area contributed by atoms with Crippen molar-refractivity contribution in [1.29, 1.82) is 0 Å². The smallest absolute Gasteiger partial charge is 0.433 e. The average molecular weight is 249 g/mol. The van der Waals surface area contributed by atoms with Gasteiger partial charge in [0, 0.05) is 0 Å². The maximum absolute atomic E-state index is 12.3. The molecule has 0 bridgehead atoms. The number of hydrogen-bond acceptors (Lipinski definition) is 4. The zero-order valence-corrected chi connectivity index (χ0v) is 8.62. The molecule has 0 saturated carbocycles. The number of nitrogens with one attached hydrogen (secondary N) is 1. The number of anilines is 1. The molecule has 0 spiro atoms. The Hall–Kier alpha value is -1.99. The van der Waals surface area contributed by atoms with E-state index < -0.39 is 18.0 Å². The summed E-state index contributed by atoms with van der Waals surface area (Å²) < 4.78 is 41.2. The molecule has 0 fully saturated rings. The van der Waals surface area contributed by atoms with Crippen LogP contribution in [0.3, 0.4) is 0 Å². The summed E-state index contributed by atoms with van der Waals surface area (Å²) >= 11 is 0. The second kappa shape index (κ2) is 5.37. The van der Waals surface area contributed by atoms with Crippen LogP contribution < -0.4 is 11.1 Å². The standard InChI is InChI=1S/C9H10F3N3O2/c10-9(11,12)6-2-1-3-7(15-6)14-4-5-17-8(13)16/h1-3H,4-5H2,(H2,13,16)(H,14,15). The van der Waals surface area contributed by atoms with Crippen molar-refractivity contribution in [3.05, 3.63) is 23.9 Å². The molecule has 8 heteroatoms. The minimum atomic E-state index is -4.48. The van der Waals surface area contributed by atoms with Crippen molar-refractivity contribution in [2.24, 2.45) is 5.73 Å². The number of pyridine rings is 1. The van der Waals surface area contributed by atoms with Crippen LogP contribution in [0.5, 0.6) is 0 Å². The molecule has 0 unspecified atom stereocenters. The largest absolute Gasteiger partial charge is 0.448 e. The number of aromatic nitrogens is 1. The molecule has 0 saturated heterocycles. The Labute approximate surface area is 94.8 Å². The summed E-state index contributed by atoms with van der Waals surface area (Å²) in [6, 6.07) is 3.47. The van der Waals surface area contributed by atoms with Gasteiger partial charge in [-0.05, 0) is 12.1 Å². The highest BCUT2D eigenvalue weighted by Gasteiger charge is 2.32. The lowest BCUT2D eigenvalue weighted by Gasteiger charge is -2.09. The van der Waals surface area contributed by atoms with Crippen molar-refractivity contribution < 1.29 is 22.7 Å². The molecule has 0 aromatic carbocycles. The van der Waals surface area contributed by atoms with Crippen molar-refractivity contribution in [2.45, 2.75) is 6.18 Å². The quantitative estimate of drug-likeness (QED) is 0.794. The van der Waals surface area contributed by atoms with Gasteiger partial charge in [-0.25, -0.2) is 9.78 Å². The SMILES string of the molecule is NC(=O)OCCNc1cccc(C(F)(F)F)n1. The molecule has 0 aliphatic rings. The first kappa shape index (κ1) is 13.1. The lowest BCUT2D eigenvalue weighted by Crippen LogP contribution is -2.19. The Balaban J connectivity index is 2.52. The fourth-order valence-electron chi connectivity index (χ4n) is 1.02. The molecule has 94 valence electrons. The van der Waals surface area contributed by atoms with Gasteiger partial charge in [0.25, 0.3) is 0 Å². The number of hydrogen-bond donors (Lipinski definition) is 2. The molecule has 1 aromatic rings. The van der Waals surface area contributed by atoms with E-state index in [2.05, 4.69) is 15.0 Å². The molecule has 5 nitrogen and oxygen atoms in total. The van der Waals surface area contributed by atoms with Crippen LogP contribution in [0.1, 0.15) is 5.69 Å². The first-order chi connectivity index (χ1) is 7.89. The zero-order chi connectivity index (χ0) is 12.9. The Morgan fingerprint density at radius 1 is 1.47 bits per heavy atom. The van der Waals surface area contributed by atoms with Crippen LogP contribution in [-0.4, -0.2) is 24.2 Å². The predicted octanol–water partition coefficient (Wildman–Crippen LogP) is 1.61. The highest BCUT2D eigenvalue weighted by atomic mass is 19.4. The molecule has 3 N–H and O–H groups in total. The molecule has 1 heterocycles. The summed E-state index contributed by atoms with van der Waals surface area (Å²) in [5, 5.41) is 2.57. The number of ether oxygens (including phenoxy) is 1. The van der Waals surface area contributed by atoms with Gasteiger partial charge in [0.15, 0.2) is 0 Å². The van der Waals surface area contributed by atoms with E-state index in [9.17, 15) is 18.0 Å². The molecule has 1 amide bonds. The maximum atomic E-state index is 12.3. The van der Waals surface area contributed by atoms with Gasteiger partial charge in [-0.15, -0.1) is 0 Å². The number of primary amides is 1. The summed E-state index contributed by atoms with van der Waals surface area (Å²) in [7, 11) is 0. The fourth-order valence-corrected chi connectivity index (χ4v) is 1.02. The second-order valence-electron chi connectivity index (χ2n) is 3.00. The number of amides is 1. The van der Waals surface area contributed by atoms with Crippen molar-refractivity contribution in [3.8, 4) is 0 Å². The van der Waals surface area contributed by atoms with E-state index >= 15 is 0 Å². The molecular weight excluding hydrogens is 239 g/mol. The van der Waals surface area contributed by atoms with Crippen LogP contribution in [0.25, 0.3) is 0 Å². The first-order valence-electron chi connectivity index (χ1n) is 4.60. The van der Waals surface area contributed by atoms with E-state index in [1.807, 2.05) is 0 Å². The van der Waals surface area contributed by atoms with Crippen LogP contribution in [0.15, 0.2) is 18.2 Å². The first-order valence-corrected chi connectivity index (χ1v) is 4.60. The molecule has 1 aromatic heterocycles. The molecule has 1 rings (SSSR count). The van der Waals surface area contributed by atoms with Gasteiger partial charge in [0.1, 0.15) is 18.1 Å². The summed E-state index contributed by atoms with van der Waals surface area (Å²) in [5.74, 6) is 0.0490. The fraction of sp³-hybridized carbons (Fsp3) is 0.333. The Bertz CT molecular complexity index is 395. The topological polar surface area (TPSA) is 77.2 Å². The monoisotopic (exact) mass is 249 g/mol. The van der Waals surface area contributed by atoms with E-state index in [0.29, 0.717) is 0 Å². The van der Waals surface area contributed by atoms with Crippen molar-refractivity contribution in [2.75, 3.05) is 18.5 Å². The third kappa shape index (κ3) is 4.58. The number of halogens is 3. The van der Waals surface area contributed by atoms with Crippen LogP contribution in [0, 0.1) is 0 Å². The summed E-state index contributed by atoms with van der Waals surface area (Å²) in [5.41, 5.74) is 3.71. The number of nitrogens with two attached hydrogens (primary N) is 1. The zero-order valence-electron chi connectivity index (χ0n) is 8.62. The van der Waals surface area contributed by atoms with Crippen LogP contribution in [-0.2, 0) is 10.9 Å². The third-order valence-corrected chi connectivity index (χ3v) is 1.69. The summed E-state index contributed by atoms with van der Waals surface area (Å²) in [4.78, 5) is 13.6. The molecule has 17 heavy (non-hydrogen) atoms. The van der Waals surface area contributed by atoms with Gasteiger partial charge in [-0.3, -0.25) is 0 Å². The lowest BCUT2D eigenvalue weighted by atomic mass is 10.3. The van der Waals surface area contributed by atoms with E-state index in [4.69, 9.17) is 5.73 Å². The van der Waals surface area contributed by atoms with Crippen LogP contribution in [0.4, 0.5) is 23.8 Å². The van der Waals surface area contributed by atoms with Gasteiger partial charge in [0.2, 0.25) is 0 Å². The maximum Gasteiger partial charge on any atom is 0.433 e. The molecular formula is C9H10F3N3O2. The van der Waals surface area contributed by atoms with E-state index in [1.54, 1.807) is 0 Å². The minimum Gasteiger partial charge on any atom is -0.448 e. The van der Waals surface area contributed by atoms with Crippen molar-refractivity contribution in [3.63, 3.8) is 0 Å². The molecule has 0 aliphatic heterocycles. The van der Waals surface area contributed by atoms with E-state index in [-0.39, 0.29) is 19.0 Å². The molecule has 0 aliphatic carbocycles. The van der Waals surface area contributed by atoms with Crippen molar-refractivity contribution >= 4 is 11.9 Å². The van der Waals surface area contributed by atoms with Gasteiger partial charge < -0.3 is 15.8 Å². The highest BCUT2D eigenvalue weighted by Crippen LogP contribution is 2.27. The normalized spacial score (nSPS) is 11.0. The number of rotatable bonds is 4. The Morgan fingerprint density at radius 3 is 2.76 bits per heavy atom. The van der Waals surface area contributed by atoms with Gasteiger partial charge >= 0.3 is 12.3 Å². The minimum absolute atomic E-state index is 0.0484. The van der Waals surface area contributed by atoms with Gasteiger partial charge in [0.05, 0.1) is 6.54 Å². The number of alkyl halides is 3. The molecule has 0 radical (unpaired) electrons. The number of nitrogens with zero attached hydrogens (tertiary/aromatic N) is 1. The predicted molar refractivity (Wildman–Crippen MR) is 53.3 cm³/mol. The van der Waals surface area contributed by atoms with E-state index in [0.717, 1.165) is 6.07 Å². The average Bonchev–Trinajstić information content (AvgIpc) is 2.23.